The molecule has 4 nitrogen and oxygen atoms in total. The second kappa shape index (κ2) is 3.45. The fourth-order valence-corrected chi connectivity index (χ4v) is 2.15. The lowest BCUT2D eigenvalue weighted by Crippen LogP contribution is -2.10. The number of benzene rings is 1. The first-order valence-corrected chi connectivity index (χ1v) is 5.96. The monoisotopic (exact) mass is 277 g/mol. The average Bonchev–Trinajstić information content (AvgIpc) is 2.78. The molecule has 0 radical (unpaired) electrons. The van der Waals surface area contributed by atoms with Crippen LogP contribution in [0.5, 0.6) is 0 Å². The molecule has 0 atom stereocenters. The molecule has 0 unspecified atom stereocenters. The number of hydrogen-bond donors (Lipinski definition) is 1. The first-order valence-electron chi connectivity index (χ1n) is 4.84. The molecule has 80 valence electrons. The third kappa shape index (κ3) is 1.28. The van der Waals surface area contributed by atoms with Gasteiger partial charge in [-0.25, -0.2) is 4.52 Å². The van der Waals surface area contributed by atoms with Gasteiger partial charge in [0.25, 0.3) is 5.56 Å². The number of H-pyrrole nitrogens is 1. The van der Waals surface area contributed by atoms with E-state index in [1.54, 1.807) is 16.8 Å². The molecular formula is C11H8BrN3O. The number of hydrogen-bond acceptors (Lipinski definition) is 2. The fraction of sp³-hybridized carbons (Fsp3) is 0.0909. The molecule has 0 fully saturated rings. The van der Waals surface area contributed by atoms with Gasteiger partial charge >= 0.3 is 0 Å². The minimum Gasteiger partial charge on any atom is -0.319 e. The van der Waals surface area contributed by atoms with E-state index in [4.69, 9.17) is 0 Å². The third-order valence-corrected chi connectivity index (χ3v) is 3.21. The predicted molar refractivity (Wildman–Crippen MR) is 65.9 cm³/mol. The second-order valence-electron chi connectivity index (χ2n) is 3.57. The standard InChI is InChI=1S/C11H8BrN3O/c12-6-7-1-2-9-8(5-7)14-11(16)10-3-4-13-15(9)10/h1-5H,6H2,(H,14,16). The van der Waals surface area contributed by atoms with Crippen molar-refractivity contribution in [2.24, 2.45) is 0 Å². The van der Waals surface area contributed by atoms with Gasteiger partial charge in [0, 0.05) is 5.33 Å². The summed E-state index contributed by atoms with van der Waals surface area (Å²) in [5.74, 6) is 0. The lowest BCUT2D eigenvalue weighted by molar-refractivity contribution is 0.986. The molecular weight excluding hydrogens is 270 g/mol. The summed E-state index contributed by atoms with van der Waals surface area (Å²) in [6.07, 6.45) is 1.63. The SMILES string of the molecule is O=c1[nH]c2cc(CBr)ccc2n2nccc12. The van der Waals surface area contributed by atoms with Gasteiger partial charge in [0.15, 0.2) is 0 Å². The molecule has 3 aromatic rings. The highest BCUT2D eigenvalue weighted by Crippen LogP contribution is 2.15. The molecule has 0 aliphatic rings. The molecule has 1 N–H and O–H groups in total. The summed E-state index contributed by atoms with van der Waals surface area (Å²) in [5, 5.41) is 4.91. The van der Waals surface area contributed by atoms with E-state index in [-0.39, 0.29) is 5.56 Å². The number of aromatic amines is 1. The van der Waals surface area contributed by atoms with Gasteiger partial charge < -0.3 is 4.98 Å². The van der Waals surface area contributed by atoms with Crippen LogP contribution in [-0.4, -0.2) is 14.6 Å². The largest absolute Gasteiger partial charge is 0.319 e. The zero-order valence-corrected chi connectivity index (χ0v) is 9.86. The molecule has 0 saturated carbocycles. The van der Waals surface area contributed by atoms with Crippen LogP contribution in [0.15, 0.2) is 35.3 Å². The number of nitrogens with zero attached hydrogens (tertiary/aromatic N) is 2. The van der Waals surface area contributed by atoms with Crippen molar-refractivity contribution in [2.45, 2.75) is 5.33 Å². The molecule has 0 bridgehead atoms. The predicted octanol–water partition coefficient (Wildman–Crippen LogP) is 2.07. The highest BCUT2D eigenvalue weighted by atomic mass is 79.9. The normalized spacial score (nSPS) is 11.3. The van der Waals surface area contributed by atoms with Crippen LogP contribution in [0.25, 0.3) is 16.6 Å². The van der Waals surface area contributed by atoms with Gasteiger partial charge in [0.05, 0.1) is 17.2 Å². The molecule has 16 heavy (non-hydrogen) atoms. The molecule has 3 rings (SSSR count). The van der Waals surface area contributed by atoms with E-state index in [0.29, 0.717) is 5.52 Å². The number of halogens is 1. The molecule has 0 amide bonds. The van der Waals surface area contributed by atoms with Crippen LogP contribution in [0, 0.1) is 0 Å². The Morgan fingerprint density at radius 2 is 2.19 bits per heavy atom. The van der Waals surface area contributed by atoms with Crippen molar-refractivity contribution < 1.29 is 0 Å². The maximum atomic E-state index is 11.7. The van der Waals surface area contributed by atoms with Crippen molar-refractivity contribution in [3.8, 4) is 0 Å². The number of rotatable bonds is 1. The molecule has 0 aliphatic carbocycles. The van der Waals surface area contributed by atoms with Crippen molar-refractivity contribution >= 4 is 32.5 Å². The van der Waals surface area contributed by atoms with Gasteiger partial charge in [0.1, 0.15) is 5.52 Å². The first-order chi connectivity index (χ1) is 7.79. The van der Waals surface area contributed by atoms with E-state index < -0.39 is 0 Å². The summed E-state index contributed by atoms with van der Waals surface area (Å²) >= 11 is 3.39. The van der Waals surface area contributed by atoms with Crippen molar-refractivity contribution in [1.29, 1.82) is 0 Å². The van der Waals surface area contributed by atoms with Gasteiger partial charge in [0.2, 0.25) is 0 Å². The maximum Gasteiger partial charge on any atom is 0.274 e. The van der Waals surface area contributed by atoms with Crippen LogP contribution >= 0.6 is 15.9 Å². The summed E-state index contributed by atoms with van der Waals surface area (Å²) in [5.41, 5.74) is 3.29. The Kier molecular flexibility index (Phi) is 2.07. The smallest absolute Gasteiger partial charge is 0.274 e. The Bertz CT molecular complexity index is 729. The Hall–Kier alpha value is -1.62. The second-order valence-corrected chi connectivity index (χ2v) is 4.13. The van der Waals surface area contributed by atoms with Gasteiger partial charge in [-0.1, -0.05) is 22.0 Å². The summed E-state index contributed by atoms with van der Waals surface area (Å²) in [7, 11) is 0. The van der Waals surface area contributed by atoms with Crippen LogP contribution in [0.4, 0.5) is 0 Å². The summed E-state index contributed by atoms with van der Waals surface area (Å²) in [4.78, 5) is 14.6. The van der Waals surface area contributed by atoms with Crippen molar-refractivity contribution in [3.63, 3.8) is 0 Å². The Morgan fingerprint density at radius 1 is 1.31 bits per heavy atom. The molecule has 5 heteroatoms. The topological polar surface area (TPSA) is 50.2 Å². The molecule has 0 aliphatic heterocycles. The van der Waals surface area contributed by atoms with E-state index in [2.05, 4.69) is 26.0 Å². The van der Waals surface area contributed by atoms with E-state index in [0.717, 1.165) is 21.9 Å². The quantitative estimate of drug-likeness (QED) is 0.693. The lowest BCUT2D eigenvalue weighted by atomic mass is 10.2. The minimum absolute atomic E-state index is 0.114. The highest BCUT2D eigenvalue weighted by molar-refractivity contribution is 9.08. The maximum absolute atomic E-state index is 11.7. The average molecular weight is 278 g/mol. The van der Waals surface area contributed by atoms with E-state index in [1.807, 2.05) is 18.2 Å². The fourth-order valence-electron chi connectivity index (χ4n) is 1.80. The minimum atomic E-state index is -0.114. The third-order valence-electron chi connectivity index (χ3n) is 2.57. The molecule has 0 spiro atoms. The van der Waals surface area contributed by atoms with Gasteiger partial charge in [-0.05, 0) is 23.8 Å². The van der Waals surface area contributed by atoms with Gasteiger partial charge in [-0.2, -0.15) is 5.10 Å². The zero-order valence-electron chi connectivity index (χ0n) is 8.27. The number of aromatic nitrogens is 3. The Morgan fingerprint density at radius 3 is 3.00 bits per heavy atom. The Balaban J connectivity index is 2.53. The van der Waals surface area contributed by atoms with Crippen LogP contribution < -0.4 is 5.56 Å². The molecule has 2 aromatic heterocycles. The van der Waals surface area contributed by atoms with Crippen molar-refractivity contribution in [2.75, 3.05) is 0 Å². The number of fused-ring (bicyclic) bond motifs is 3. The van der Waals surface area contributed by atoms with Crippen LogP contribution in [-0.2, 0) is 5.33 Å². The van der Waals surface area contributed by atoms with Gasteiger partial charge in [-0.15, -0.1) is 0 Å². The molecule has 2 heterocycles. The molecule has 0 saturated heterocycles. The lowest BCUT2D eigenvalue weighted by Gasteiger charge is -2.02. The Labute approximate surface area is 99.0 Å². The number of nitrogens with one attached hydrogen (secondary N) is 1. The summed E-state index contributed by atoms with van der Waals surface area (Å²) < 4.78 is 1.66. The summed E-state index contributed by atoms with van der Waals surface area (Å²) in [6.45, 7) is 0. The van der Waals surface area contributed by atoms with E-state index in [9.17, 15) is 4.79 Å². The van der Waals surface area contributed by atoms with Crippen LogP contribution in [0.2, 0.25) is 0 Å². The van der Waals surface area contributed by atoms with Crippen LogP contribution in [0.1, 0.15) is 5.56 Å². The van der Waals surface area contributed by atoms with Gasteiger partial charge in [-0.3, -0.25) is 4.79 Å². The van der Waals surface area contributed by atoms with Crippen molar-refractivity contribution in [1.82, 2.24) is 14.6 Å². The molecule has 1 aromatic carbocycles. The first kappa shape index (κ1) is 9.59. The number of alkyl halides is 1. The van der Waals surface area contributed by atoms with Crippen LogP contribution in [0.3, 0.4) is 0 Å². The highest BCUT2D eigenvalue weighted by Gasteiger charge is 2.05. The summed E-state index contributed by atoms with van der Waals surface area (Å²) in [6, 6.07) is 7.63. The van der Waals surface area contributed by atoms with E-state index >= 15 is 0 Å². The van der Waals surface area contributed by atoms with Crippen molar-refractivity contribution in [3.05, 3.63) is 46.4 Å². The zero-order chi connectivity index (χ0) is 11.1. The van der Waals surface area contributed by atoms with E-state index in [1.165, 1.54) is 0 Å².